The van der Waals surface area contributed by atoms with Gasteiger partial charge in [-0.1, -0.05) is 55.4 Å². The molecule has 0 aromatic rings. The average molecular weight is 765 g/mol. The Morgan fingerprint density at radius 1 is 0.907 bits per heavy atom. The first-order chi connectivity index (χ1) is 25.3. The van der Waals surface area contributed by atoms with Gasteiger partial charge in [-0.25, -0.2) is 0 Å². The summed E-state index contributed by atoms with van der Waals surface area (Å²) < 4.78 is 38.7. The Hall–Kier alpha value is -1.44. The number of ether oxygens (including phenoxy) is 6. The van der Waals surface area contributed by atoms with Crippen LogP contribution >= 0.6 is 0 Å². The number of hydrogen-bond donors (Lipinski definition) is 3. The minimum Gasteiger partial charge on any atom is -0.469 e. The lowest BCUT2D eigenvalue weighted by atomic mass is 9.72. The van der Waals surface area contributed by atoms with Gasteiger partial charge in [0.15, 0.2) is 5.79 Å². The molecule has 5 rings (SSSR count). The van der Waals surface area contributed by atoms with Gasteiger partial charge in [0.1, 0.15) is 11.9 Å². The number of esters is 1. The first kappa shape index (κ1) is 43.7. The number of carbonyl (C=O) groups is 2. The predicted octanol–water partition coefficient (Wildman–Crippen LogP) is 6.28. The third-order valence-electron chi connectivity index (χ3n) is 14.6. The SMILES string of the molecule is CC[C@@H](C(=O)[C@@H](C)[C@@H](O)[C@H](C)[C@@H]1O[C@@H]([C@@H](CC)C(=O)OC)CCC1C)[C@H]1O[C@@]2(C=C[C@H](O)[C@]3(CC[C@@](C)([C@H]4CC[C@](O)(CC)[C@H](C)O4)O3)O2)[C@H](C)C[C@@H]1C. The van der Waals surface area contributed by atoms with Crippen LogP contribution in [-0.4, -0.2) is 99.7 Å². The molecule has 0 amide bonds. The molecule has 0 radical (unpaired) electrons. The molecule has 4 saturated heterocycles. The maximum Gasteiger partial charge on any atom is 0.311 e. The van der Waals surface area contributed by atoms with Crippen LogP contribution < -0.4 is 0 Å². The summed E-state index contributed by atoms with van der Waals surface area (Å²) >= 11 is 0. The molecule has 18 atom stereocenters. The first-order valence-corrected chi connectivity index (χ1v) is 21.1. The van der Waals surface area contributed by atoms with E-state index in [1.165, 1.54) is 7.11 Å². The van der Waals surface area contributed by atoms with E-state index in [9.17, 15) is 24.9 Å². The van der Waals surface area contributed by atoms with E-state index in [0.29, 0.717) is 44.9 Å². The fraction of sp³-hybridized carbons (Fsp3) is 0.907. The topological polar surface area (TPSA) is 150 Å². The second-order valence-corrected chi connectivity index (χ2v) is 18.1. The van der Waals surface area contributed by atoms with Gasteiger partial charge in [0.25, 0.3) is 0 Å². The van der Waals surface area contributed by atoms with Crippen molar-refractivity contribution in [3.8, 4) is 0 Å². The Balaban J connectivity index is 1.31. The van der Waals surface area contributed by atoms with Gasteiger partial charge in [0, 0.05) is 30.1 Å². The highest BCUT2D eigenvalue weighted by atomic mass is 16.8. The minimum atomic E-state index is -1.36. The Labute approximate surface area is 324 Å². The number of Topliss-reactive ketones (excluding diaryl/α,β-unsaturated/α-hetero) is 1. The molecule has 0 aliphatic carbocycles. The van der Waals surface area contributed by atoms with Gasteiger partial charge in [-0.05, 0) is 95.6 Å². The molecule has 0 saturated carbocycles. The van der Waals surface area contributed by atoms with Crippen LogP contribution in [0.5, 0.6) is 0 Å². The summed E-state index contributed by atoms with van der Waals surface area (Å²) in [5.41, 5.74) is -1.62. The van der Waals surface area contributed by atoms with Gasteiger partial charge in [-0.2, -0.15) is 0 Å². The monoisotopic (exact) mass is 765 g/mol. The Kier molecular flexibility index (Phi) is 13.6. The molecule has 0 aromatic heterocycles. The summed E-state index contributed by atoms with van der Waals surface area (Å²) in [6.07, 6.45) is 6.11. The lowest BCUT2D eigenvalue weighted by molar-refractivity contribution is -0.409. The van der Waals surface area contributed by atoms with Crippen LogP contribution in [0, 0.1) is 41.4 Å². The summed E-state index contributed by atoms with van der Waals surface area (Å²) in [4.78, 5) is 27.0. The lowest BCUT2D eigenvalue weighted by Gasteiger charge is -2.54. The smallest absolute Gasteiger partial charge is 0.311 e. The van der Waals surface area contributed by atoms with Crippen molar-refractivity contribution in [2.75, 3.05) is 7.11 Å². The minimum absolute atomic E-state index is 0.0250. The Morgan fingerprint density at radius 2 is 1.59 bits per heavy atom. The summed E-state index contributed by atoms with van der Waals surface area (Å²) in [5.74, 6) is -4.78. The number of aliphatic hydroxyl groups is 3. The zero-order valence-corrected chi connectivity index (χ0v) is 34.9. The van der Waals surface area contributed by atoms with E-state index in [0.717, 1.165) is 19.3 Å². The molecule has 5 aliphatic heterocycles. The normalized spacial score (nSPS) is 45.5. The van der Waals surface area contributed by atoms with Gasteiger partial charge in [0.2, 0.25) is 5.79 Å². The standard InChI is InChI=1S/C43H72O11/c1-12-30(39(47)49-11)32-16-15-24(4)37(51-32)28(8)35(45)27(7)36(46)31(13-2)38-25(5)23-26(6)42(52-38)20-17-33(44)43(54-42)22-21-40(10,53-43)34-18-19-41(48,14-3)29(9)50-34/h17,20,24-35,37-38,44-45,48H,12-16,18-19,21-23H2,1-11H3/t24?,25-,26+,27-,28-,29-,30+,31-,32+,33-,34+,35+,37+,38-,40-,41+,42+,43-/m0/s1. The largest absolute Gasteiger partial charge is 0.469 e. The van der Waals surface area contributed by atoms with Crippen molar-refractivity contribution in [1.82, 2.24) is 0 Å². The molecular weight excluding hydrogens is 692 g/mol. The van der Waals surface area contributed by atoms with E-state index >= 15 is 0 Å². The molecule has 54 heavy (non-hydrogen) atoms. The molecular formula is C43H72O11. The Bertz CT molecular complexity index is 1340. The molecule has 2 spiro atoms. The number of ketones is 1. The van der Waals surface area contributed by atoms with E-state index in [4.69, 9.17) is 28.4 Å². The number of methoxy groups -OCH3 is 1. The van der Waals surface area contributed by atoms with Gasteiger partial charge in [-0.15, -0.1) is 0 Å². The van der Waals surface area contributed by atoms with Crippen molar-refractivity contribution in [3.05, 3.63) is 12.2 Å². The van der Waals surface area contributed by atoms with Crippen LogP contribution in [0.2, 0.25) is 0 Å². The van der Waals surface area contributed by atoms with E-state index in [2.05, 4.69) is 20.8 Å². The quantitative estimate of drug-likeness (QED) is 0.152. The third-order valence-corrected chi connectivity index (χ3v) is 14.6. The summed E-state index contributed by atoms with van der Waals surface area (Å²) in [6, 6.07) is 0. The van der Waals surface area contributed by atoms with E-state index in [1.54, 1.807) is 19.1 Å². The predicted molar refractivity (Wildman–Crippen MR) is 203 cm³/mol. The lowest BCUT2D eigenvalue weighted by Crippen LogP contribution is -2.63. The zero-order valence-electron chi connectivity index (χ0n) is 34.9. The van der Waals surface area contributed by atoms with Crippen molar-refractivity contribution in [2.24, 2.45) is 41.4 Å². The molecule has 11 nitrogen and oxygen atoms in total. The van der Waals surface area contributed by atoms with Crippen LogP contribution in [-0.2, 0) is 38.0 Å². The fourth-order valence-electron chi connectivity index (χ4n) is 10.6. The summed E-state index contributed by atoms with van der Waals surface area (Å²) in [5, 5.41) is 34.3. The van der Waals surface area contributed by atoms with Crippen LogP contribution in [0.3, 0.4) is 0 Å². The number of hydrogen-bond acceptors (Lipinski definition) is 11. The van der Waals surface area contributed by atoms with Crippen LogP contribution in [0.4, 0.5) is 0 Å². The maximum absolute atomic E-state index is 14.5. The van der Waals surface area contributed by atoms with Crippen LogP contribution in [0.25, 0.3) is 0 Å². The molecule has 310 valence electrons. The van der Waals surface area contributed by atoms with E-state index in [1.807, 2.05) is 41.5 Å². The number of carbonyl (C=O) groups excluding carboxylic acids is 2. The number of aliphatic hydroxyl groups excluding tert-OH is 2. The molecule has 5 aliphatic rings. The second-order valence-electron chi connectivity index (χ2n) is 18.1. The highest BCUT2D eigenvalue weighted by molar-refractivity contribution is 5.84. The molecule has 0 bridgehead atoms. The van der Waals surface area contributed by atoms with Gasteiger partial charge in [0.05, 0.1) is 60.9 Å². The highest BCUT2D eigenvalue weighted by Crippen LogP contribution is 2.54. The Morgan fingerprint density at radius 3 is 2.20 bits per heavy atom. The van der Waals surface area contributed by atoms with Crippen LogP contribution in [0.15, 0.2) is 12.2 Å². The third kappa shape index (κ3) is 8.00. The second kappa shape index (κ2) is 16.8. The molecule has 0 aromatic carbocycles. The van der Waals surface area contributed by atoms with Crippen molar-refractivity contribution in [2.45, 2.75) is 199 Å². The average Bonchev–Trinajstić information content (AvgIpc) is 3.50. The van der Waals surface area contributed by atoms with Crippen molar-refractivity contribution >= 4 is 11.8 Å². The first-order valence-electron chi connectivity index (χ1n) is 21.1. The molecule has 11 heteroatoms. The molecule has 4 fully saturated rings. The van der Waals surface area contributed by atoms with Crippen molar-refractivity contribution in [3.63, 3.8) is 0 Å². The van der Waals surface area contributed by atoms with Crippen molar-refractivity contribution < 1.29 is 53.3 Å². The van der Waals surface area contributed by atoms with Gasteiger partial charge >= 0.3 is 5.97 Å². The zero-order chi connectivity index (χ0) is 40.0. The van der Waals surface area contributed by atoms with Crippen molar-refractivity contribution in [1.29, 1.82) is 0 Å². The van der Waals surface area contributed by atoms with E-state index in [-0.39, 0.29) is 65.8 Å². The van der Waals surface area contributed by atoms with Gasteiger partial charge in [-0.3, -0.25) is 9.59 Å². The van der Waals surface area contributed by atoms with Gasteiger partial charge < -0.3 is 43.7 Å². The molecule has 3 N–H and O–H groups in total. The van der Waals surface area contributed by atoms with Crippen LogP contribution in [0.1, 0.15) is 133 Å². The maximum atomic E-state index is 14.5. The fourth-order valence-corrected chi connectivity index (χ4v) is 10.6. The number of rotatable bonds is 12. The highest BCUT2D eigenvalue weighted by Gasteiger charge is 2.63. The summed E-state index contributed by atoms with van der Waals surface area (Å²) in [6.45, 7) is 19.9. The summed E-state index contributed by atoms with van der Waals surface area (Å²) in [7, 11) is 1.40. The molecule has 5 heterocycles. The van der Waals surface area contributed by atoms with E-state index < -0.39 is 52.9 Å². The molecule has 1 unspecified atom stereocenters.